The van der Waals surface area contributed by atoms with Crippen molar-refractivity contribution in [2.24, 2.45) is 0 Å². The first-order valence-corrected chi connectivity index (χ1v) is 9.21. The molecule has 2 aromatic rings. The van der Waals surface area contributed by atoms with Crippen molar-refractivity contribution in [2.45, 2.75) is 45.0 Å². The van der Waals surface area contributed by atoms with Crippen LogP contribution in [0.1, 0.15) is 44.7 Å². The van der Waals surface area contributed by atoms with Crippen molar-refractivity contribution in [1.29, 1.82) is 0 Å². The molecule has 1 aliphatic heterocycles. The lowest BCUT2D eigenvalue weighted by Crippen LogP contribution is -2.39. The lowest BCUT2D eigenvalue weighted by Gasteiger charge is -2.35. The smallest absolute Gasteiger partial charge is 0.196 e. The van der Waals surface area contributed by atoms with E-state index in [0.717, 1.165) is 24.0 Å². The molecule has 0 fully saturated rings. The predicted octanol–water partition coefficient (Wildman–Crippen LogP) is 5.01. The van der Waals surface area contributed by atoms with Gasteiger partial charge in [0, 0.05) is 0 Å². The second-order valence-electron chi connectivity index (χ2n) is 6.83. The summed E-state index contributed by atoms with van der Waals surface area (Å²) in [7, 11) is 0. The molecule has 0 amide bonds. The van der Waals surface area contributed by atoms with Crippen LogP contribution in [-0.4, -0.2) is 18.2 Å². The summed E-state index contributed by atoms with van der Waals surface area (Å²) in [5.74, 6) is -1.09. The Hall–Kier alpha value is -2.23. The third-order valence-corrected chi connectivity index (χ3v) is 4.85. The summed E-state index contributed by atoms with van der Waals surface area (Å²) in [5.41, 5.74) is 1.69. The van der Waals surface area contributed by atoms with E-state index in [1.54, 1.807) is 6.92 Å². The number of ketones is 1. The normalized spacial score (nSPS) is 21.4. The average Bonchev–Trinajstić information content (AvgIpc) is 2.99. The van der Waals surface area contributed by atoms with Crippen LogP contribution in [0.25, 0.3) is 0 Å². The molecule has 3 rings (SSSR count). The minimum absolute atomic E-state index is 0.0299. The van der Waals surface area contributed by atoms with Crippen molar-refractivity contribution in [3.8, 4) is 0 Å². The summed E-state index contributed by atoms with van der Waals surface area (Å²) >= 11 is 0. The van der Waals surface area contributed by atoms with E-state index in [1.165, 1.54) is 0 Å². The molecule has 1 unspecified atom stereocenters. The van der Waals surface area contributed by atoms with Crippen LogP contribution in [0.4, 0.5) is 0 Å². The second-order valence-corrected chi connectivity index (χ2v) is 6.83. The van der Waals surface area contributed by atoms with Gasteiger partial charge in [0.1, 0.15) is 5.60 Å². The number of benzene rings is 2. The largest absolute Gasteiger partial charge is 0.346 e. The van der Waals surface area contributed by atoms with Gasteiger partial charge in [-0.2, -0.15) is 0 Å². The molecule has 1 aliphatic rings. The Labute approximate surface area is 155 Å². The van der Waals surface area contributed by atoms with Crippen LogP contribution in [-0.2, 0) is 19.9 Å². The van der Waals surface area contributed by atoms with Crippen LogP contribution in [0.3, 0.4) is 0 Å². The first-order chi connectivity index (χ1) is 12.5. The number of hydrogen-bond donors (Lipinski definition) is 0. The van der Waals surface area contributed by atoms with Crippen molar-refractivity contribution in [3.63, 3.8) is 0 Å². The molecule has 0 aliphatic carbocycles. The first kappa shape index (κ1) is 18.6. The third kappa shape index (κ3) is 3.37. The summed E-state index contributed by atoms with van der Waals surface area (Å²) in [6, 6.07) is 20.0. The van der Waals surface area contributed by atoms with E-state index < -0.39 is 11.4 Å². The van der Waals surface area contributed by atoms with Gasteiger partial charge in [0.2, 0.25) is 0 Å². The second kappa shape index (κ2) is 7.56. The predicted molar refractivity (Wildman–Crippen MR) is 103 cm³/mol. The Balaban J connectivity index is 2.12. The van der Waals surface area contributed by atoms with E-state index >= 15 is 0 Å². The zero-order chi connectivity index (χ0) is 18.6. The number of hydrogen-bond acceptors (Lipinski definition) is 3. The highest BCUT2D eigenvalue weighted by atomic mass is 16.7. The Morgan fingerprint density at radius 2 is 1.54 bits per heavy atom. The van der Waals surface area contributed by atoms with Crippen LogP contribution in [0.2, 0.25) is 0 Å². The van der Waals surface area contributed by atoms with Crippen molar-refractivity contribution in [3.05, 3.63) is 83.4 Å². The Morgan fingerprint density at radius 3 is 2.00 bits per heavy atom. The molecule has 136 valence electrons. The molecular weight excluding hydrogens is 324 g/mol. The highest BCUT2D eigenvalue weighted by Crippen LogP contribution is 2.48. The van der Waals surface area contributed by atoms with Gasteiger partial charge in [-0.25, -0.2) is 0 Å². The van der Waals surface area contributed by atoms with E-state index in [4.69, 9.17) is 9.47 Å². The summed E-state index contributed by atoms with van der Waals surface area (Å²) in [4.78, 5) is 12.4. The van der Waals surface area contributed by atoms with Crippen LogP contribution in [0, 0.1) is 0 Å². The first-order valence-electron chi connectivity index (χ1n) is 9.21. The fraction of sp³-hybridized carbons (Fsp3) is 0.348. The third-order valence-electron chi connectivity index (χ3n) is 4.85. The van der Waals surface area contributed by atoms with Gasteiger partial charge < -0.3 is 9.47 Å². The molecule has 0 saturated carbocycles. The topological polar surface area (TPSA) is 35.5 Å². The van der Waals surface area contributed by atoms with Crippen molar-refractivity contribution in [2.75, 3.05) is 6.61 Å². The minimum atomic E-state index is -1.06. The number of carbonyl (C=O) groups excluding carboxylic acids is 1. The minimum Gasteiger partial charge on any atom is -0.346 e. The van der Waals surface area contributed by atoms with Crippen LogP contribution < -0.4 is 0 Å². The molecule has 0 saturated heterocycles. The molecule has 2 aromatic carbocycles. The molecule has 0 aromatic heterocycles. The maximum absolute atomic E-state index is 12.4. The highest BCUT2D eigenvalue weighted by molar-refractivity contribution is 5.96. The molecule has 3 nitrogen and oxygen atoms in total. The zero-order valence-electron chi connectivity index (χ0n) is 15.7. The summed E-state index contributed by atoms with van der Waals surface area (Å²) in [6.45, 7) is 6.09. The number of unbranched alkanes of at least 4 members (excludes halogenated alkanes) is 1. The molecule has 0 bridgehead atoms. The summed E-state index contributed by atoms with van der Waals surface area (Å²) in [6.07, 6.45) is 3.89. The average molecular weight is 350 g/mol. The molecule has 0 radical (unpaired) electrons. The Kier molecular flexibility index (Phi) is 5.40. The maximum Gasteiger partial charge on any atom is 0.196 e. The van der Waals surface area contributed by atoms with E-state index in [1.807, 2.05) is 73.7 Å². The van der Waals surface area contributed by atoms with Crippen LogP contribution in [0.15, 0.2) is 72.3 Å². The molecule has 0 spiro atoms. The summed E-state index contributed by atoms with van der Waals surface area (Å²) < 4.78 is 12.7. The van der Waals surface area contributed by atoms with Crippen LogP contribution in [0.5, 0.6) is 0 Å². The van der Waals surface area contributed by atoms with Gasteiger partial charge in [0.15, 0.2) is 11.6 Å². The Bertz CT molecular complexity index is 740. The monoisotopic (exact) mass is 350 g/mol. The zero-order valence-corrected chi connectivity index (χ0v) is 15.7. The molecule has 1 atom stereocenters. The van der Waals surface area contributed by atoms with Gasteiger partial charge in [-0.3, -0.25) is 4.79 Å². The Morgan fingerprint density at radius 1 is 1.00 bits per heavy atom. The number of carbonyl (C=O) groups is 1. The van der Waals surface area contributed by atoms with Crippen molar-refractivity contribution in [1.82, 2.24) is 0 Å². The van der Waals surface area contributed by atoms with Gasteiger partial charge in [-0.05, 0) is 37.5 Å². The van der Waals surface area contributed by atoms with E-state index in [0.29, 0.717) is 12.2 Å². The van der Waals surface area contributed by atoms with Gasteiger partial charge in [0.25, 0.3) is 0 Å². The lowest BCUT2D eigenvalue weighted by atomic mass is 9.85. The van der Waals surface area contributed by atoms with Gasteiger partial charge in [-0.15, -0.1) is 0 Å². The number of rotatable bonds is 7. The maximum atomic E-state index is 12.4. The SMILES string of the molecule is CCCCOC1(C)OC(c2ccccc2)(c2ccccc2)C=C1C(C)=O. The van der Waals surface area contributed by atoms with Gasteiger partial charge >= 0.3 is 0 Å². The molecule has 3 heteroatoms. The molecular formula is C23H26O3. The van der Waals surface area contributed by atoms with Crippen LogP contribution >= 0.6 is 0 Å². The number of ether oxygens (including phenoxy) is 2. The quantitative estimate of drug-likeness (QED) is 0.659. The van der Waals surface area contributed by atoms with E-state index in [-0.39, 0.29) is 5.78 Å². The molecule has 26 heavy (non-hydrogen) atoms. The lowest BCUT2D eigenvalue weighted by molar-refractivity contribution is -0.224. The van der Waals surface area contributed by atoms with Crippen molar-refractivity contribution >= 4 is 5.78 Å². The van der Waals surface area contributed by atoms with Crippen molar-refractivity contribution < 1.29 is 14.3 Å². The fourth-order valence-corrected chi connectivity index (χ4v) is 3.49. The van der Waals surface area contributed by atoms with Gasteiger partial charge in [0.05, 0.1) is 12.2 Å². The summed E-state index contributed by atoms with van der Waals surface area (Å²) in [5, 5.41) is 0. The van der Waals surface area contributed by atoms with E-state index in [2.05, 4.69) is 6.92 Å². The van der Waals surface area contributed by atoms with Gasteiger partial charge in [-0.1, -0.05) is 74.0 Å². The standard InChI is InChI=1S/C23H26O3/c1-4-5-16-25-22(3)21(18(2)24)17-23(26-22,19-12-8-6-9-13-19)20-14-10-7-11-15-20/h6-15,17H,4-5,16H2,1-3H3. The fourth-order valence-electron chi connectivity index (χ4n) is 3.49. The number of Topliss-reactive ketones (excluding diaryl/α,β-unsaturated/α-hetero) is 1. The highest BCUT2D eigenvalue weighted by Gasteiger charge is 2.51. The molecule has 0 N–H and O–H groups in total. The van der Waals surface area contributed by atoms with E-state index in [9.17, 15) is 4.79 Å². The molecule has 1 heterocycles.